The van der Waals surface area contributed by atoms with Gasteiger partial charge in [0.1, 0.15) is 24.1 Å². The molecule has 0 spiro atoms. The van der Waals surface area contributed by atoms with E-state index in [1.54, 1.807) is 6.92 Å². The minimum Gasteiger partial charge on any atom is -0.390 e. The average Bonchev–Trinajstić information content (AvgIpc) is 2.44. The number of aliphatic hydroxyl groups is 1. The van der Waals surface area contributed by atoms with Gasteiger partial charge in [-0.15, -0.1) is 0 Å². The van der Waals surface area contributed by atoms with Crippen LogP contribution >= 0.6 is 0 Å². The smallest absolute Gasteiger partial charge is 0.287 e. The van der Waals surface area contributed by atoms with E-state index in [1.165, 1.54) is 0 Å². The Kier molecular flexibility index (Phi) is 6.26. The van der Waals surface area contributed by atoms with E-state index in [-0.39, 0.29) is 5.92 Å². The second kappa shape index (κ2) is 7.49. The van der Waals surface area contributed by atoms with Gasteiger partial charge in [-0.25, -0.2) is 18.7 Å². The summed E-state index contributed by atoms with van der Waals surface area (Å²) >= 11 is 0. The van der Waals surface area contributed by atoms with E-state index in [1.807, 2.05) is 20.8 Å². The van der Waals surface area contributed by atoms with E-state index < -0.39 is 19.1 Å². The number of aromatic nitrogens is 2. The highest BCUT2D eigenvalue weighted by atomic mass is 19.3. The molecule has 0 saturated heterocycles. The van der Waals surface area contributed by atoms with E-state index in [9.17, 15) is 8.78 Å². The van der Waals surface area contributed by atoms with Crippen molar-refractivity contribution in [2.75, 3.05) is 30.3 Å². The lowest BCUT2D eigenvalue weighted by atomic mass is 10.2. The summed E-state index contributed by atoms with van der Waals surface area (Å²) in [6.45, 7) is 6.60. The van der Waals surface area contributed by atoms with Gasteiger partial charge in [0, 0.05) is 18.0 Å². The van der Waals surface area contributed by atoms with Gasteiger partial charge in [0.15, 0.2) is 0 Å². The molecule has 120 valence electrons. The lowest BCUT2D eigenvalue weighted by Crippen LogP contribution is -2.31. The van der Waals surface area contributed by atoms with Gasteiger partial charge in [-0.1, -0.05) is 20.8 Å². The quantitative estimate of drug-likeness (QED) is 0.689. The third kappa shape index (κ3) is 5.08. The number of hydrogen-bond donors (Lipinski definition) is 3. The first-order chi connectivity index (χ1) is 9.80. The van der Waals surface area contributed by atoms with Crippen LogP contribution < -0.4 is 10.6 Å². The fourth-order valence-corrected chi connectivity index (χ4v) is 1.65. The van der Waals surface area contributed by atoms with Gasteiger partial charge in [0.05, 0.1) is 6.54 Å². The molecule has 1 aromatic rings. The zero-order chi connectivity index (χ0) is 16.0. The zero-order valence-corrected chi connectivity index (χ0v) is 13.0. The van der Waals surface area contributed by atoms with Crippen molar-refractivity contribution >= 4 is 11.6 Å². The molecule has 0 fully saturated rings. The summed E-state index contributed by atoms with van der Waals surface area (Å²) in [4.78, 5) is 8.74. The Bertz CT molecular complexity index is 467. The summed E-state index contributed by atoms with van der Waals surface area (Å²) < 4.78 is 26.3. The molecule has 1 heterocycles. The van der Waals surface area contributed by atoms with Gasteiger partial charge in [0.2, 0.25) is 0 Å². The van der Waals surface area contributed by atoms with Crippen LogP contribution in [0, 0.1) is 6.92 Å². The highest BCUT2D eigenvalue weighted by Gasteiger charge is 2.28. The summed E-state index contributed by atoms with van der Waals surface area (Å²) in [5.41, 5.74) is 0.696. The molecular formula is C14H24F2N4O. The van der Waals surface area contributed by atoms with Crippen molar-refractivity contribution in [2.24, 2.45) is 0 Å². The average molecular weight is 302 g/mol. The summed E-state index contributed by atoms with van der Waals surface area (Å²) in [6.07, 6.45) is 0.936. The van der Waals surface area contributed by atoms with Crippen molar-refractivity contribution in [3.8, 4) is 0 Å². The van der Waals surface area contributed by atoms with E-state index in [4.69, 9.17) is 5.11 Å². The first-order valence-electron chi connectivity index (χ1n) is 7.15. The molecular weight excluding hydrogens is 278 g/mol. The summed E-state index contributed by atoms with van der Waals surface area (Å²) in [5, 5.41) is 14.4. The number of hydrogen-bond acceptors (Lipinski definition) is 5. The molecule has 0 amide bonds. The standard InChI is InChI=1S/C14H24F2N4O/c1-5-6-17-12-10(4)13(18-7-14(15,16)8-21)20-11(19-12)9(2)3/h9,21H,5-8H2,1-4H3,(H2,17,18,19,20). The summed E-state index contributed by atoms with van der Waals surface area (Å²) in [7, 11) is 0. The molecule has 3 N–H and O–H groups in total. The molecule has 1 rings (SSSR count). The first-order valence-corrected chi connectivity index (χ1v) is 7.15. The van der Waals surface area contributed by atoms with Crippen molar-refractivity contribution < 1.29 is 13.9 Å². The Morgan fingerprint density at radius 1 is 1.19 bits per heavy atom. The molecule has 0 radical (unpaired) electrons. The number of nitrogens with one attached hydrogen (secondary N) is 2. The molecule has 0 atom stereocenters. The molecule has 7 heteroatoms. The van der Waals surface area contributed by atoms with Crippen LogP contribution in [0.3, 0.4) is 0 Å². The van der Waals surface area contributed by atoms with Crippen molar-refractivity contribution in [1.29, 1.82) is 0 Å². The lowest BCUT2D eigenvalue weighted by molar-refractivity contribution is -0.0373. The third-order valence-electron chi connectivity index (χ3n) is 2.97. The maximum absolute atomic E-state index is 13.2. The molecule has 0 aliphatic carbocycles. The minimum atomic E-state index is -3.17. The minimum absolute atomic E-state index is 0.0895. The van der Waals surface area contributed by atoms with Gasteiger partial charge in [-0.05, 0) is 13.3 Å². The highest BCUT2D eigenvalue weighted by Crippen LogP contribution is 2.24. The third-order valence-corrected chi connectivity index (χ3v) is 2.97. The topological polar surface area (TPSA) is 70.1 Å². The number of nitrogens with zero attached hydrogens (tertiary/aromatic N) is 2. The van der Waals surface area contributed by atoms with Crippen LogP contribution in [0.15, 0.2) is 0 Å². The zero-order valence-electron chi connectivity index (χ0n) is 13.0. The number of alkyl halides is 2. The number of rotatable bonds is 8. The summed E-state index contributed by atoms with van der Waals surface area (Å²) in [6, 6.07) is 0. The monoisotopic (exact) mass is 302 g/mol. The lowest BCUT2D eigenvalue weighted by Gasteiger charge is -2.19. The van der Waals surface area contributed by atoms with E-state index >= 15 is 0 Å². The van der Waals surface area contributed by atoms with Crippen LogP contribution in [-0.2, 0) is 0 Å². The molecule has 0 aliphatic rings. The van der Waals surface area contributed by atoms with Gasteiger partial charge in [0.25, 0.3) is 5.92 Å². The molecule has 0 bridgehead atoms. The predicted molar refractivity (Wildman–Crippen MR) is 80.2 cm³/mol. The molecule has 0 saturated carbocycles. The van der Waals surface area contributed by atoms with Crippen LogP contribution in [0.5, 0.6) is 0 Å². The predicted octanol–water partition coefficient (Wildman–Crippen LogP) is 2.77. The fourth-order valence-electron chi connectivity index (χ4n) is 1.65. The molecule has 1 aromatic heterocycles. The Balaban J connectivity index is 3.02. The van der Waals surface area contributed by atoms with Gasteiger partial charge >= 0.3 is 0 Å². The van der Waals surface area contributed by atoms with Crippen molar-refractivity contribution in [3.05, 3.63) is 11.4 Å². The summed E-state index contributed by atoms with van der Waals surface area (Å²) in [5.74, 6) is -1.46. The van der Waals surface area contributed by atoms with Crippen LogP contribution in [0.2, 0.25) is 0 Å². The maximum atomic E-state index is 13.2. The molecule has 0 aliphatic heterocycles. The number of aliphatic hydroxyl groups excluding tert-OH is 1. The Morgan fingerprint density at radius 3 is 2.24 bits per heavy atom. The van der Waals surface area contributed by atoms with Crippen LogP contribution in [-0.4, -0.2) is 40.7 Å². The fraction of sp³-hybridized carbons (Fsp3) is 0.714. The largest absolute Gasteiger partial charge is 0.390 e. The molecule has 21 heavy (non-hydrogen) atoms. The van der Waals surface area contributed by atoms with E-state index in [0.717, 1.165) is 13.0 Å². The van der Waals surface area contributed by atoms with Crippen LogP contribution in [0.1, 0.15) is 44.5 Å². The SMILES string of the molecule is CCCNc1nc(C(C)C)nc(NCC(F)(F)CO)c1C. The Morgan fingerprint density at radius 2 is 1.76 bits per heavy atom. The van der Waals surface area contributed by atoms with E-state index in [2.05, 4.69) is 20.6 Å². The second-order valence-corrected chi connectivity index (χ2v) is 5.35. The maximum Gasteiger partial charge on any atom is 0.287 e. The second-order valence-electron chi connectivity index (χ2n) is 5.35. The van der Waals surface area contributed by atoms with Crippen molar-refractivity contribution in [1.82, 2.24) is 9.97 Å². The highest BCUT2D eigenvalue weighted by molar-refractivity contribution is 5.57. The van der Waals surface area contributed by atoms with Crippen molar-refractivity contribution in [3.63, 3.8) is 0 Å². The number of halogens is 2. The molecule has 5 nitrogen and oxygen atoms in total. The number of anilines is 2. The first kappa shape index (κ1) is 17.6. The molecule has 0 unspecified atom stereocenters. The van der Waals surface area contributed by atoms with Gasteiger partial charge < -0.3 is 15.7 Å². The van der Waals surface area contributed by atoms with Gasteiger partial charge in [-0.3, -0.25) is 0 Å². The Labute approximate surface area is 124 Å². The van der Waals surface area contributed by atoms with Crippen molar-refractivity contribution in [2.45, 2.75) is 46.0 Å². The van der Waals surface area contributed by atoms with Crippen LogP contribution in [0.4, 0.5) is 20.4 Å². The molecule has 0 aromatic carbocycles. The normalized spacial score (nSPS) is 11.8. The van der Waals surface area contributed by atoms with E-state index in [0.29, 0.717) is 23.0 Å². The van der Waals surface area contributed by atoms with Gasteiger partial charge in [-0.2, -0.15) is 0 Å². The Hall–Kier alpha value is -1.50. The van der Waals surface area contributed by atoms with Crippen LogP contribution in [0.25, 0.3) is 0 Å².